The first-order chi connectivity index (χ1) is 15.2. The zero-order valence-electron chi connectivity index (χ0n) is 19.2. The molecule has 1 atom stereocenters. The average molecular weight is 426 g/mol. The molecule has 3 fully saturated rings. The predicted octanol–water partition coefficient (Wildman–Crippen LogP) is 3.87. The van der Waals surface area contributed by atoms with Crippen molar-refractivity contribution >= 4 is 11.8 Å². The fourth-order valence-corrected chi connectivity index (χ4v) is 5.20. The molecule has 0 radical (unpaired) electrons. The first-order valence-electron chi connectivity index (χ1n) is 12.6. The molecule has 0 spiro atoms. The minimum Gasteiger partial charge on any atom is -0.354 e. The lowest BCUT2D eigenvalue weighted by molar-refractivity contribution is -0.129. The number of rotatable bonds is 9. The van der Waals surface area contributed by atoms with E-state index >= 15 is 0 Å². The molecule has 1 saturated heterocycles. The summed E-state index contributed by atoms with van der Waals surface area (Å²) in [6.07, 6.45) is 10.8. The van der Waals surface area contributed by atoms with Gasteiger partial charge in [0.2, 0.25) is 5.91 Å². The number of carbonyl (C=O) groups is 2. The van der Waals surface area contributed by atoms with Gasteiger partial charge in [0.15, 0.2) is 0 Å². The van der Waals surface area contributed by atoms with Crippen LogP contribution in [0.2, 0.25) is 0 Å². The minimum absolute atomic E-state index is 0.0173. The largest absolute Gasteiger partial charge is 0.354 e. The van der Waals surface area contributed by atoms with Gasteiger partial charge in [-0.2, -0.15) is 0 Å². The second kappa shape index (κ2) is 10.6. The monoisotopic (exact) mass is 425 g/mol. The van der Waals surface area contributed by atoms with Crippen molar-refractivity contribution in [2.45, 2.75) is 70.8 Å². The van der Waals surface area contributed by atoms with Gasteiger partial charge in [-0.05, 0) is 68.1 Å². The van der Waals surface area contributed by atoms with Gasteiger partial charge < -0.3 is 10.2 Å². The van der Waals surface area contributed by atoms with Crippen LogP contribution in [0.1, 0.15) is 74.2 Å². The Labute approximate surface area is 187 Å². The molecule has 31 heavy (non-hydrogen) atoms. The van der Waals surface area contributed by atoms with E-state index in [0.717, 1.165) is 44.5 Å². The molecule has 1 aliphatic heterocycles. The molecule has 3 aliphatic rings. The van der Waals surface area contributed by atoms with Gasteiger partial charge in [-0.25, -0.2) is 0 Å². The van der Waals surface area contributed by atoms with Gasteiger partial charge in [-0.1, -0.05) is 38.3 Å². The van der Waals surface area contributed by atoms with Gasteiger partial charge in [0.25, 0.3) is 5.91 Å². The molecule has 2 amide bonds. The lowest BCUT2D eigenvalue weighted by Gasteiger charge is -2.40. The van der Waals surface area contributed by atoms with E-state index in [4.69, 9.17) is 0 Å². The number of nitrogens with one attached hydrogen (secondary N) is 1. The summed E-state index contributed by atoms with van der Waals surface area (Å²) < 4.78 is 0. The van der Waals surface area contributed by atoms with E-state index in [0.29, 0.717) is 24.9 Å². The van der Waals surface area contributed by atoms with Gasteiger partial charge in [0.1, 0.15) is 0 Å². The number of unbranched alkanes of at least 4 members (excludes halogenated alkanes) is 1. The number of piperazine rings is 1. The van der Waals surface area contributed by atoms with Crippen molar-refractivity contribution in [3.05, 3.63) is 35.4 Å². The fraction of sp³-hybridized carbons (Fsp3) is 0.692. The summed E-state index contributed by atoms with van der Waals surface area (Å²) >= 11 is 0. The standard InChI is InChI=1S/C26H39N3O2/c1-2-3-6-20-11-13-23(14-12-20)26(31)29-17-15-28(16-18-29)24(22-7-4-5-8-22)25(30)27-19-21-9-10-21/h11-14,21-22,24H,2-10,15-19H2,1H3,(H,27,30). The van der Waals surface area contributed by atoms with Crippen molar-refractivity contribution < 1.29 is 9.59 Å². The van der Waals surface area contributed by atoms with E-state index in [1.807, 2.05) is 17.0 Å². The molecule has 1 aromatic carbocycles. The number of amides is 2. The lowest BCUT2D eigenvalue weighted by Crippen LogP contribution is -2.58. The lowest BCUT2D eigenvalue weighted by atomic mass is 9.95. The molecular weight excluding hydrogens is 386 g/mol. The number of benzene rings is 1. The number of aryl methyl sites for hydroxylation is 1. The Hall–Kier alpha value is -1.88. The van der Waals surface area contributed by atoms with Crippen molar-refractivity contribution in [2.24, 2.45) is 11.8 Å². The molecule has 1 N–H and O–H groups in total. The quantitative estimate of drug-likeness (QED) is 0.653. The van der Waals surface area contributed by atoms with Crippen molar-refractivity contribution in [3.63, 3.8) is 0 Å². The Balaban J connectivity index is 1.33. The van der Waals surface area contributed by atoms with Gasteiger partial charge in [-0.15, -0.1) is 0 Å². The second-order valence-electron chi connectivity index (χ2n) is 9.81. The Morgan fingerprint density at radius 3 is 2.29 bits per heavy atom. The maximum absolute atomic E-state index is 13.1. The van der Waals surface area contributed by atoms with Crippen LogP contribution in [0.15, 0.2) is 24.3 Å². The summed E-state index contributed by atoms with van der Waals surface area (Å²) in [5, 5.41) is 3.24. The number of hydrogen-bond acceptors (Lipinski definition) is 3. The van der Waals surface area contributed by atoms with E-state index < -0.39 is 0 Å². The highest BCUT2D eigenvalue weighted by Gasteiger charge is 2.37. The predicted molar refractivity (Wildman–Crippen MR) is 124 cm³/mol. The molecule has 2 saturated carbocycles. The molecule has 4 rings (SSSR count). The van der Waals surface area contributed by atoms with E-state index in [9.17, 15) is 9.59 Å². The molecule has 1 heterocycles. The van der Waals surface area contributed by atoms with E-state index in [2.05, 4.69) is 29.3 Å². The summed E-state index contributed by atoms with van der Waals surface area (Å²) in [6.45, 7) is 6.03. The van der Waals surface area contributed by atoms with Crippen LogP contribution in [0.3, 0.4) is 0 Å². The SMILES string of the molecule is CCCCc1ccc(C(=O)N2CCN(C(C(=O)NCC3CC3)C3CCCC3)CC2)cc1. The van der Waals surface area contributed by atoms with Crippen molar-refractivity contribution in [3.8, 4) is 0 Å². The van der Waals surface area contributed by atoms with Crippen molar-refractivity contribution in [1.82, 2.24) is 15.1 Å². The summed E-state index contributed by atoms with van der Waals surface area (Å²) in [5.74, 6) is 1.52. The summed E-state index contributed by atoms with van der Waals surface area (Å²) in [5.41, 5.74) is 2.09. The molecule has 1 aromatic rings. The van der Waals surface area contributed by atoms with Crippen LogP contribution in [0.4, 0.5) is 0 Å². The van der Waals surface area contributed by atoms with Gasteiger partial charge in [0.05, 0.1) is 6.04 Å². The Morgan fingerprint density at radius 1 is 1.00 bits per heavy atom. The third kappa shape index (κ3) is 5.88. The molecule has 2 aliphatic carbocycles. The fourth-order valence-electron chi connectivity index (χ4n) is 5.20. The summed E-state index contributed by atoms with van der Waals surface area (Å²) in [4.78, 5) is 30.4. The number of nitrogens with zero attached hydrogens (tertiary/aromatic N) is 2. The van der Waals surface area contributed by atoms with Gasteiger partial charge in [0, 0.05) is 38.3 Å². The smallest absolute Gasteiger partial charge is 0.253 e. The second-order valence-corrected chi connectivity index (χ2v) is 9.81. The molecular formula is C26H39N3O2. The van der Waals surface area contributed by atoms with E-state index in [-0.39, 0.29) is 17.9 Å². The van der Waals surface area contributed by atoms with Crippen molar-refractivity contribution in [1.29, 1.82) is 0 Å². The van der Waals surface area contributed by atoms with Crippen LogP contribution in [0, 0.1) is 11.8 Å². The zero-order chi connectivity index (χ0) is 21.6. The molecule has 5 heteroatoms. The van der Waals surface area contributed by atoms with Crippen LogP contribution < -0.4 is 5.32 Å². The third-order valence-electron chi connectivity index (χ3n) is 7.39. The van der Waals surface area contributed by atoms with E-state index in [1.165, 1.54) is 44.1 Å². The normalized spacial score (nSPS) is 21.3. The van der Waals surface area contributed by atoms with E-state index in [1.54, 1.807) is 0 Å². The van der Waals surface area contributed by atoms with Crippen LogP contribution in [0.5, 0.6) is 0 Å². The highest BCUT2D eigenvalue weighted by atomic mass is 16.2. The van der Waals surface area contributed by atoms with Gasteiger partial charge >= 0.3 is 0 Å². The average Bonchev–Trinajstić information content (AvgIpc) is 3.49. The number of hydrogen-bond donors (Lipinski definition) is 1. The molecule has 5 nitrogen and oxygen atoms in total. The summed E-state index contributed by atoms with van der Waals surface area (Å²) in [6, 6.07) is 8.13. The van der Waals surface area contributed by atoms with Crippen LogP contribution >= 0.6 is 0 Å². The van der Waals surface area contributed by atoms with Crippen LogP contribution in [-0.4, -0.2) is 60.4 Å². The zero-order valence-corrected chi connectivity index (χ0v) is 19.2. The maximum atomic E-state index is 13.1. The first-order valence-corrected chi connectivity index (χ1v) is 12.6. The maximum Gasteiger partial charge on any atom is 0.253 e. The number of carbonyl (C=O) groups excluding carboxylic acids is 2. The molecule has 0 bridgehead atoms. The Kier molecular flexibility index (Phi) is 7.65. The van der Waals surface area contributed by atoms with Gasteiger partial charge in [-0.3, -0.25) is 14.5 Å². The molecule has 170 valence electrons. The summed E-state index contributed by atoms with van der Waals surface area (Å²) in [7, 11) is 0. The minimum atomic E-state index is -0.0173. The Bertz CT molecular complexity index is 730. The Morgan fingerprint density at radius 2 is 1.68 bits per heavy atom. The highest BCUT2D eigenvalue weighted by molar-refractivity contribution is 5.94. The topological polar surface area (TPSA) is 52.7 Å². The first kappa shape index (κ1) is 22.3. The van der Waals surface area contributed by atoms with Crippen LogP contribution in [0.25, 0.3) is 0 Å². The highest BCUT2D eigenvalue weighted by Crippen LogP contribution is 2.32. The van der Waals surface area contributed by atoms with Crippen LogP contribution in [-0.2, 0) is 11.2 Å². The van der Waals surface area contributed by atoms with Crippen molar-refractivity contribution in [2.75, 3.05) is 32.7 Å². The molecule has 0 aromatic heterocycles. The third-order valence-corrected chi connectivity index (χ3v) is 7.39. The molecule has 1 unspecified atom stereocenters.